The van der Waals surface area contributed by atoms with Gasteiger partial charge < -0.3 is 25.2 Å². The molecule has 0 aromatic carbocycles. The van der Waals surface area contributed by atoms with Crippen molar-refractivity contribution >= 4 is 12.0 Å². The molecule has 1 atom stereocenters. The topological polar surface area (TPSA) is 96.9 Å². The molecule has 1 fully saturated rings. The molecular formula is C11H20N2O5. The first kappa shape index (κ1) is 14.7. The van der Waals surface area contributed by atoms with Gasteiger partial charge in [0.25, 0.3) is 0 Å². The zero-order valence-electron chi connectivity index (χ0n) is 10.7. The van der Waals surface area contributed by atoms with E-state index in [1.165, 1.54) is 0 Å². The largest absolute Gasteiger partial charge is 0.481 e. The van der Waals surface area contributed by atoms with Crippen LogP contribution in [0.5, 0.6) is 0 Å². The lowest BCUT2D eigenvalue weighted by Crippen LogP contribution is -2.47. The summed E-state index contributed by atoms with van der Waals surface area (Å²) in [5.41, 5.74) is -0.984. The lowest BCUT2D eigenvalue weighted by Gasteiger charge is -2.24. The third-order valence-corrected chi connectivity index (χ3v) is 2.65. The highest BCUT2D eigenvalue weighted by atomic mass is 16.6. The zero-order valence-corrected chi connectivity index (χ0v) is 10.7. The minimum absolute atomic E-state index is 0.0657. The number of urea groups is 1. The second-order valence-corrected chi connectivity index (χ2v) is 4.82. The average molecular weight is 260 g/mol. The maximum absolute atomic E-state index is 11.4. The van der Waals surface area contributed by atoms with E-state index in [4.69, 9.17) is 14.6 Å². The molecule has 1 aliphatic rings. The summed E-state index contributed by atoms with van der Waals surface area (Å²) in [5, 5.41) is 14.0. The van der Waals surface area contributed by atoms with Gasteiger partial charge in [0.15, 0.2) is 0 Å². The summed E-state index contributed by atoms with van der Waals surface area (Å²) >= 11 is 0. The Morgan fingerprint density at radius 2 is 2.06 bits per heavy atom. The summed E-state index contributed by atoms with van der Waals surface area (Å²) in [4.78, 5) is 22.3. The molecule has 18 heavy (non-hydrogen) atoms. The van der Waals surface area contributed by atoms with Crippen molar-refractivity contribution in [2.45, 2.75) is 20.0 Å². The molecule has 1 saturated heterocycles. The normalized spacial score (nSPS) is 20.2. The number of amides is 2. The molecule has 0 aromatic heterocycles. The minimum Gasteiger partial charge on any atom is -0.481 e. The molecule has 0 radical (unpaired) electrons. The van der Waals surface area contributed by atoms with E-state index in [0.29, 0.717) is 26.4 Å². The second kappa shape index (κ2) is 6.55. The number of ether oxygens (including phenoxy) is 2. The van der Waals surface area contributed by atoms with Crippen molar-refractivity contribution < 1.29 is 24.2 Å². The van der Waals surface area contributed by atoms with Crippen molar-refractivity contribution in [2.24, 2.45) is 5.41 Å². The molecular weight excluding hydrogens is 240 g/mol. The van der Waals surface area contributed by atoms with Crippen molar-refractivity contribution in [1.82, 2.24) is 10.6 Å². The fourth-order valence-corrected chi connectivity index (χ4v) is 1.30. The number of hydrogen-bond donors (Lipinski definition) is 3. The molecule has 7 heteroatoms. The summed E-state index contributed by atoms with van der Waals surface area (Å²) in [6.07, 6.45) is -0.142. The Kier molecular flexibility index (Phi) is 5.36. The third-order valence-electron chi connectivity index (χ3n) is 2.65. The summed E-state index contributed by atoms with van der Waals surface area (Å²) in [7, 11) is 0. The lowest BCUT2D eigenvalue weighted by atomic mass is 9.94. The SMILES string of the molecule is CC(C)(CNC(=O)NCC1COCCO1)C(=O)O. The van der Waals surface area contributed by atoms with Gasteiger partial charge >= 0.3 is 12.0 Å². The first-order valence-corrected chi connectivity index (χ1v) is 5.86. The number of hydrogen-bond acceptors (Lipinski definition) is 4. The van der Waals surface area contributed by atoms with Gasteiger partial charge in [-0.25, -0.2) is 4.79 Å². The molecule has 0 aromatic rings. The van der Waals surface area contributed by atoms with Gasteiger partial charge in [-0.2, -0.15) is 0 Å². The number of nitrogens with one attached hydrogen (secondary N) is 2. The van der Waals surface area contributed by atoms with Crippen molar-refractivity contribution in [3.05, 3.63) is 0 Å². The fraction of sp³-hybridized carbons (Fsp3) is 0.818. The Bertz CT molecular complexity index is 300. The van der Waals surface area contributed by atoms with Crippen LogP contribution in [0.2, 0.25) is 0 Å². The monoisotopic (exact) mass is 260 g/mol. The first-order valence-electron chi connectivity index (χ1n) is 5.86. The van der Waals surface area contributed by atoms with E-state index in [9.17, 15) is 9.59 Å². The van der Waals surface area contributed by atoms with Gasteiger partial charge in [-0.3, -0.25) is 4.79 Å². The Morgan fingerprint density at radius 1 is 1.33 bits per heavy atom. The Balaban J connectivity index is 2.19. The van der Waals surface area contributed by atoms with Crippen molar-refractivity contribution in [3.8, 4) is 0 Å². The summed E-state index contributed by atoms with van der Waals surface area (Å²) < 4.78 is 10.5. The van der Waals surface area contributed by atoms with Crippen molar-refractivity contribution in [1.29, 1.82) is 0 Å². The van der Waals surface area contributed by atoms with E-state index in [0.717, 1.165) is 0 Å². The van der Waals surface area contributed by atoms with Gasteiger partial charge in [-0.1, -0.05) is 0 Å². The predicted octanol–water partition coefficient (Wildman–Crippen LogP) is -0.188. The van der Waals surface area contributed by atoms with E-state index in [1.54, 1.807) is 13.8 Å². The van der Waals surface area contributed by atoms with E-state index >= 15 is 0 Å². The number of rotatable bonds is 5. The third kappa shape index (κ3) is 4.89. The number of carboxylic acids is 1. The van der Waals surface area contributed by atoms with Gasteiger partial charge in [0, 0.05) is 13.1 Å². The van der Waals surface area contributed by atoms with Crippen LogP contribution >= 0.6 is 0 Å². The highest BCUT2D eigenvalue weighted by Gasteiger charge is 2.27. The van der Waals surface area contributed by atoms with Crippen LogP contribution in [0.3, 0.4) is 0 Å². The Hall–Kier alpha value is -1.34. The van der Waals surface area contributed by atoms with E-state index in [1.807, 2.05) is 0 Å². The number of carbonyl (C=O) groups is 2. The van der Waals surface area contributed by atoms with E-state index < -0.39 is 17.4 Å². The van der Waals surface area contributed by atoms with Crippen LogP contribution in [-0.4, -0.2) is 56.1 Å². The van der Waals surface area contributed by atoms with Crippen LogP contribution in [-0.2, 0) is 14.3 Å². The molecule has 1 unspecified atom stereocenters. The highest BCUT2D eigenvalue weighted by Crippen LogP contribution is 2.12. The van der Waals surface area contributed by atoms with Crippen LogP contribution in [0.25, 0.3) is 0 Å². The smallest absolute Gasteiger partial charge is 0.314 e. The molecule has 0 saturated carbocycles. The van der Waals surface area contributed by atoms with E-state index in [2.05, 4.69) is 10.6 Å². The van der Waals surface area contributed by atoms with Crippen LogP contribution < -0.4 is 10.6 Å². The molecule has 1 rings (SSSR count). The lowest BCUT2D eigenvalue weighted by molar-refractivity contribution is -0.146. The number of aliphatic carboxylic acids is 1. The highest BCUT2D eigenvalue weighted by molar-refractivity contribution is 5.77. The first-order chi connectivity index (χ1) is 8.42. The van der Waals surface area contributed by atoms with Gasteiger partial charge in [-0.05, 0) is 13.8 Å². The number of carbonyl (C=O) groups excluding carboxylic acids is 1. The maximum atomic E-state index is 11.4. The van der Waals surface area contributed by atoms with Crippen LogP contribution in [0.15, 0.2) is 0 Å². The van der Waals surface area contributed by atoms with Gasteiger partial charge in [0.05, 0.1) is 31.3 Å². The van der Waals surface area contributed by atoms with Crippen LogP contribution in [0, 0.1) is 5.41 Å². The number of carboxylic acid groups (broad SMARTS) is 1. The van der Waals surface area contributed by atoms with E-state index in [-0.39, 0.29) is 12.6 Å². The summed E-state index contributed by atoms with van der Waals surface area (Å²) in [6, 6.07) is -0.404. The minimum atomic E-state index is -0.984. The summed E-state index contributed by atoms with van der Waals surface area (Å²) in [5.74, 6) is -0.952. The van der Waals surface area contributed by atoms with Crippen molar-refractivity contribution in [3.63, 3.8) is 0 Å². The standard InChI is InChI=1S/C11H20N2O5/c1-11(2,9(14)15)7-13-10(16)12-5-8-6-17-3-4-18-8/h8H,3-7H2,1-2H3,(H,14,15)(H2,12,13,16). The zero-order chi connectivity index (χ0) is 13.6. The fourth-order valence-electron chi connectivity index (χ4n) is 1.30. The van der Waals surface area contributed by atoms with Crippen molar-refractivity contribution in [2.75, 3.05) is 32.9 Å². The maximum Gasteiger partial charge on any atom is 0.314 e. The van der Waals surface area contributed by atoms with Crippen LogP contribution in [0.4, 0.5) is 4.79 Å². The summed E-state index contributed by atoms with van der Waals surface area (Å²) in [6.45, 7) is 5.08. The van der Waals surface area contributed by atoms with Crippen LogP contribution in [0.1, 0.15) is 13.8 Å². The van der Waals surface area contributed by atoms with Gasteiger partial charge in [0.2, 0.25) is 0 Å². The quantitative estimate of drug-likeness (QED) is 0.636. The van der Waals surface area contributed by atoms with Gasteiger partial charge in [-0.15, -0.1) is 0 Å². The molecule has 0 spiro atoms. The molecule has 1 aliphatic heterocycles. The molecule has 0 bridgehead atoms. The molecule has 7 nitrogen and oxygen atoms in total. The molecule has 104 valence electrons. The average Bonchev–Trinajstić information content (AvgIpc) is 2.35. The van der Waals surface area contributed by atoms with Gasteiger partial charge in [0.1, 0.15) is 0 Å². The second-order valence-electron chi connectivity index (χ2n) is 4.82. The Morgan fingerprint density at radius 3 is 2.61 bits per heavy atom. The Labute approximate surface area is 106 Å². The molecule has 0 aliphatic carbocycles. The molecule has 2 amide bonds. The predicted molar refractivity (Wildman–Crippen MR) is 63.4 cm³/mol. The molecule has 1 heterocycles. The molecule has 3 N–H and O–H groups in total.